The number of carboxylic acids is 1. The number of benzene rings is 2. The first kappa shape index (κ1) is 11.5. The zero-order valence-corrected chi connectivity index (χ0v) is 10.9. The Kier molecular flexibility index (Phi) is 2.36. The van der Waals surface area contributed by atoms with Gasteiger partial charge >= 0.3 is 5.97 Å². The van der Waals surface area contributed by atoms with Gasteiger partial charge in [0.1, 0.15) is 6.04 Å². The molecule has 0 saturated heterocycles. The van der Waals surface area contributed by atoms with Gasteiger partial charge in [0.15, 0.2) is 0 Å². The van der Waals surface area contributed by atoms with Crippen molar-refractivity contribution in [3.05, 3.63) is 54.1 Å². The second kappa shape index (κ2) is 4.10. The normalized spacial score (nSPS) is 26.9. The second-order valence-corrected chi connectivity index (χ2v) is 5.56. The van der Waals surface area contributed by atoms with Crippen molar-refractivity contribution in [2.45, 2.75) is 18.4 Å². The molecule has 0 unspecified atom stereocenters. The molecule has 1 aliphatic heterocycles. The summed E-state index contributed by atoms with van der Waals surface area (Å²) in [6.45, 7) is 0. The van der Waals surface area contributed by atoms with Crippen LogP contribution < -0.4 is 5.32 Å². The van der Waals surface area contributed by atoms with Crippen molar-refractivity contribution in [2.75, 3.05) is 5.32 Å². The molecule has 0 bridgehead atoms. The number of carbonyl (C=O) groups is 1. The summed E-state index contributed by atoms with van der Waals surface area (Å²) in [5, 5.41) is 15.1. The minimum atomic E-state index is -0.762. The third-order valence-corrected chi connectivity index (χ3v) is 4.52. The lowest BCUT2D eigenvalue weighted by Crippen LogP contribution is -2.41. The first-order valence-electron chi connectivity index (χ1n) is 6.93. The Labute approximate surface area is 116 Å². The van der Waals surface area contributed by atoms with Gasteiger partial charge in [0.25, 0.3) is 0 Å². The molecular weight excluding hydrogens is 250 g/mol. The van der Waals surface area contributed by atoms with Crippen LogP contribution in [0.15, 0.2) is 48.6 Å². The van der Waals surface area contributed by atoms with Gasteiger partial charge in [-0.3, -0.25) is 0 Å². The topological polar surface area (TPSA) is 49.3 Å². The molecule has 2 aliphatic rings. The minimum absolute atomic E-state index is 0.116. The van der Waals surface area contributed by atoms with Crippen LogP contribution in [0.3, 0.4) is 0 Å². The van der Waals surface area contributed by atoms with Crippen molar-refractivity contribution in [1.29, 1.82) is 0 Å². The molecule has 0 spiro atoms. The number of fused-ring (bicyclic) bond motifs is 5. The van der Waals surface area contributed by atoms with Crippen molar-refractivity contribution >= 4 is 22.4 Å². The van der Waals surface area contributed by atoms with Crippen LogP contribution in [0.4, 0.5) is 5.69 Å². The van der Waals surface area contributed by atoms with Gasteiger partial charge in [-0.25, -0.2) is 4.79 Å². The van der Waals surface area contributed by atoms with Crippen LogP contribution in [-0.4, -0.2) is 17.1 Å². The van der Waals surface area contributed by atoms with Crippen molar-refractivity contribution in [3.63, 3.8) is 0 Å². The molecule has 0 radical (unpaired) electrons. The highest BCUT2D eigenvalue weighted by atomic mass is 16.4. The predicted octanol–water partition coefficient (Wildman–Crippen LogP) is 3.38. The summed E-state index contributed by atoms with van der Waals surface area (Å²) >= 11 is 0. The van der Waals surface area contributed by atoms with Gasteiger partial charge in [-0.15, -0.1) is 0 Å². The molecular formula is C17H15NO2. The predicted molar refractivity (Wildman–Crippen MR) is 79.0 cm³/mol. The molecule has 2 aromatic carbocycles. The molecule has 2 aromatic rings. The summed E-state index contributed by atoms with van der Waals surface area (Å²) in [7, 11) is 0. The third kappa shape index (κ3) is 1.49. The largest absolute Gasteiger partial charge is 0.480 e. The molecule has 1 heterocycles. The fourth-order valence-electron chi connectivity index (χ4n) is 3.63. The highest BCUT2D eigenvalue weighted by Crippen LogP contribution is 2.47. The molecule has 1 aliphatic carbocycles. The minimum Gasteiger partial charge on any atom is -0.480 e. The van der Waals surface area contributed by atoms with E-state index in [2.05, 4.69) is 35.7 Å². The zero-order valence-electron chi connectivity index (χ0n) is 10.9. The van der Waals surface area contributed by atoms with Gasteiger partial charge in [0.2, 0.25) is 0 Å². The number of allylic oxidation sites excluding steroid dienone is 2. The maximum absolute atomic E-state index is 11.5. The Morgan fingerprint density at radius 1 is 1.20 bits per heavy atom. The van der Waals surface area contributed by atoms with Crippen LogP contribution in [0, 0.1) is 5.92 Å². The van der Waals surface area contributed by atoms with Crippen molar-refractivity contribution in [3.8, 4) is 0 Å². The highest BCUT2D eigenvalue weighted by molar-refractivity contribution is 5.93. The first-order chi connectivity index (χ1) is 9.75. The van der Waals surface area contributed by atoms with E-state index in [-0.39, 0.29) is 11.8 Å². The lowest BCUT2D eigenvalue weighted by molar-refractivity contribution is -0.139. The Bertz CT molecular complexity index is 735. The van der Waals surface area contributed by atoms with E-state index < -0.39 is 12.0 Å². The number of aliphatic carboxylic acids is 1. The van der Waals surface area contributed by atoms with E-state index in [1.165, 1.54) is 16.3 Å². The molecule has 2 N–H and O–H groups in total. The average molecular weight is 265 g/mol. The number of nitrogens with one attached hydrogen (secondary N) is 1. The van der Waals surface area contributed by atoms with Gasteiger partial charge in [-0.2, -0.15) is 0 Å². The SMILES string of the molecule is O=C(O)[C@@H]1Nc2ccc3ccccc3c2[C@@H]2C=CC[C@@H]12. The second-order valence-electron chi connectivity index (χ2n) is 5.56. The van der Waals surface area contributed by atoms with Gasteiger partial charge in [-0.1, -0.05) is 42.5 Å². The maximum Gasteiger partial charge on any atom is 0.326 e. The highest BCUT2D eigenvalue weighted by Gasteiger charge is 2.41. The van der Waals surface area contributed by atoms with Crippen LogP contribution >= 0.6 is 0 Å². The third-order valence-electron chi connectivity index (χ3n) is 4.52. The van der Waals surface area contributed by atoms with Crippen molar-refractivity contribution in [1.82, 2.24) is 0 Å². The first-order valence-corrected chi connectivity index (χ1v) is 6.93. The van der Waals surface area contributed by atoms with E-state index in [1.807, 2.05) is 18.2 Å². The summed E-state index contributed by atoms with van der Waals surface area (Å²) in [4.78, 5) is 11.5. The Morgan fingerprint density at radius 2 is 2.05 bits per heavy atom. The van der Waals surface area contributed by atoms with E-state index in [9.17, 15) is 9.90 Å². The van der Waals surface area contributed by atoms with Crippen molar-refractivity contribution in [2.24, 2.45) is 5.92 Å². The van der Waals surface area contributed by atoms with Crippen LogP contribution in [0.1, 0.15) is 17.9 Å². The van der Waals surface area contributed by atoms with Crippen LogP contribution in [0.2, 0.25) is 0 Å². The Hall–Kier alpha value is -2.29. The molecule has 3 heteroatoms. The van der Waals surface area contributed by atoms with Crippen LogP contribution in [0.25, 0.3) is 10.8 Å². The number of anilines is 1. The zero-order chi connectivity index (χ0) is 13.7. The summed E-state index contributed by atoms with van der Waals surface area (Å²) < 4.78 is 0. The van der Waals surface area contributed by atoms with E-state index in [0.717, 1.165) is 12.1 Å². The average Bonchev–Trinajstić information content (AvgIpc) is 2.94. The summed E-state index contributed by atoms with van der Waals surface area (Å²) in [5.74, 6) is -0.438. The smallest absolute Gasteiger partial charge is 0.326 e. The van der Waals surface area contributed by atoms with Crippen molar-refractivity contribution < 1.29 is 9.90 Å². The van der Waals surface area contributed by atoms with Gasteiger partial charge < -0.3 is 10.4 Å². The fourth-order valence-corrected chi connectivity index (χ4v) is 3.63. The molecule has 0 aromatic heterocycles. The maximum atomic E-state index is 11.5. The lowest BCUT2D eigenvalue weighted by atomic mass is 9.77. The quantitative estimate of drug-likeness (QED) is 0.777. The number of hydrogen-bond donors (Lipinski definition) is 2. The van der Waals surface area contributed by atoms with Crippen LogP contribution in [0.5, 0.6) is 0 Å². The van der Waals surface area contributed by atoms with Gasteiger partial charge in [0, 0.05) is 17.5 Å². The van der Waals surface area contributed by atoms with Crippen LogP contribution in [-0.2, 0) is 4.79 Å². The molecule has 100 valence electrons. The number of carboxylic acid groups (broad SMARTS) is 1. The molecule has 0 fully saturated rings. The van der Waals surface area contributed by atoms with E-state index in [4.69, 9.17) is 0 Å². The summed E-state index contributed by atoms with van der Waals surface area (Å²) in [6, 6.07) is 11.9. The Balaban J connectivity index is 1.97. The molecule has 0 saturated carbocycles. The van der Waals surface area contributed by atoms with Gasteiger partial charge in [0.05, 0.1) is 0 Å². The van der Waals surface area contributed by atoms with E-state index in [1.54, 1.807) is 0 Å². The molecule has 0 amide bonds. The molecule has 3 nitrogen and oxygen atoms in total. The summed E-state index contributed by atoms with van der Waals surface area (Å²) in [5.41, 5.74) is 2.21. The lowest BCUT2D eigenvalue weighted by Gasteiger charge is -2.35. The Morgan fingerprint density at radius 3 is 2.90 bits per heavy atom. The monoisotopic (exact) mass is 265 g/mol. The summed E-state index contributed by atoms with van der Waals surface area (Å²) in [6.07, 6.45) is 5.12. The fraction of sp³-hybridized carbons (Fsp3) is 0.235. The number of rotatable bonds is 1. The molecule has 20 heavy (non-hydrogen) atoms. The van der Waals surface area contributed by atoms with E-state index in [0.29, 0.717) is 0 Å². The van der Waals surface area contributed by atoms with Gasteiger partial charge in [-0.05, 0) is 28.8 Å². The number of hydrogen-bond acceptors (Lipinski definition) is 2. The molecule has 3 atom stereocenters. The van der Waals surface area contributed by atoms with E-state index >= 15 is 0 Å². The molecule has 4 rings (SSSR count). The standard InChI is InChI=1S/C17H15NO2/c19-17(20)16-13-7-3-6-12(13)15-11-5-2-1-4-10(11)8-9-14(15)18-16/h1-6,8-9,12-13,16,18H,7H2,(H,19,20)/t12-,13-,16-/m1/s1.